The molecule has 1 N–H and O–H groups in total. The monoisotopic (exact) mass is 296 g/mol. The standard InChI is InChI=1S/C20H40O/c1-6-7-8-9-10-11-12-13-14-15-16-17-20(5,21)19(4)18(2)3/h21H,6-17H2,1-5H3. The van der Waals surface area contributed by atoms with Crippen LogP contribution in [0.3, 0.4) is 0 Å². The highest BCUT2D eigenvalue weighted by atomic mass is 16.3. The molecule has 0 bridgehead atoms. The van der Waals surface area contributed by atoms with E-state index in [4.69, 9.17) is 0 Å². The van der Waals surface area contributed by atoms with E-state index in [0.717, 1.165) is 18.4 Å². The molecule has 0 spiro atoms. The largest absolute Gasteiger partial charge is 0.386 e. The Morgan fingerprint density at radius 3 is 1.48 bits per heavy atom. The smallest absolute Gasteiger partial charge is 0.0828 e. The van der Waals surface area contributed by atoms with Crippen LogP contribution in [-0.4, -0.2) is 10.7 Å². The predicted octanol–water partition coefficient (Wildman–Crippen LogP) is 6.79. The molecule has 0 saturated heterocycles. The van der Waals surface area contributed by atoms with Crippen molar-refractivity contribution in [3.63, 3.8) is 0 Å². The average molecular weight is 297 g/mol. The molecule has 21 heavy (non-hydrogen) atoms. The zero-order valence-electron chi connectivity index (χ0n) is 15.4. The molecule has 0 aliphatic carbocycles. The van der Waals surface area contributed by atoms with E-state index in [1.54, 1.807) is 0 Å². The van der Waals surface area contributed by atoms with Crippen LogP contribution >= 0.6 is 0 Å². The Hall–Kier alpha value is -0.300. The van der Waals surface area contributed by atoms with Crippen LogP contribution in [0.4, 0.5) is 0 Å². The number of allylic oxidation sites excluding steroid dienone is 1. The van der Waals surface area contributed by atoms with Gasteiger partial charge in [-0.1, -0.05) is 83.1 Å². The molecule has 1 heteroatoms. The normalized spacial score (nSPS) is 14.0. The minimum atomic E-state index is -0.599. The summed E-state index contributed by atoms with van der Waals surface area (Å²) in [6.07, 6.45) is 15.9. The highest BCUT2D eigenvalue weighted by molar-refractivity contribution is 5.17. The first-order chi connectivity index (χ1) is 9.91. The minimum absolute atomic E-state index is 0.599. The highest BCUT2D eigenvalue weighted by Gasteiger charge is 2.22. The molecule has 1 atom stereocenters. The van der Waals surface area contributed by atoms with Gasteiger partial charge in [-0.2, -0.15) is 0 Å². The van der Waals surface area contributed by atoms with E-state index in [1.165, 1.54) is 69.8 Å². The highest BCUT2D eigenvalue weighted by Crippen LogP contribution is 2.25. The number of unbranched alkanes of at least 4 members (excludes halogenated alkanes) is 10. The molecule has 0 aromatic rings. The summed E-state index contributed by atoms with van der Waals surface area (Å²) in [4.78, 5) is 0. The molecule has 0 aromatic carbocycles. The Balaban J connectivity index is 3.46. The van der Waals surface area contributed by atoms with E-state index < -0.39 is 5.60 Å². The van der Waals surface area contributed by atoms with Gasteiger partial charge in [0.05, 0.1) is 5.60 Å². The lowest BCUT2D eigenvalue weighted by Crippen LogP contribution is -2.26. The summed E-state index contributed by atoms with van der Waals surface area (Å²) < 4.78 is 0. The van der Waals surface area contributed by atoms with Crippen molar-refractivity contribution in [2.24, 2.45) is 0 Å². The van der Waals surface area contributed by atoms with Crippen molar-refractivity contribution in [1.82, 2.24) is 0 Å². The van der Waals surface area contributed by atoms with Gasteiger partial charge in [-0.3, -0.25) is 0 Å². The lowest BCUT2D eigenvalue weighted by molar-refractivity contribution is 0.0847. The molecule has 0 fully saturated rings. The minimum Gasteiger partial charge on any atom is -0.386 e. The van der Waals surface area contributed by atoms with Gasteiger partial charge in [-0.25, -0.2) is 0 Å². The average Bonchev–Trinajstić information content (AvgIpc) is 2.43. The summed E-state index contributed by atoms with van der Waals surface area (Å²) in [5.41, 5.74) is 1.80. The van der Waals surface area contributed by atoms with Gasteiger partial charge in [-0.05, 0) is 39.7 Å². The third-order valence-corrected chi connectivity index (χ3v) is 4.83. The van der Waals surface area contributed by atoms with E-state index in [-0.39, 0.29) is 0 Å². The van der Waals surface area contributed by atoms with Crippen molar-refractivity contribution in [2.45, 2.75) is 117 Å². The van der Waals surface area contributed by atoms with E-state index in [9.17, 15) is 5.11 Å². The van der Waals surface area contributed by atoms with Gasteiger partial charge in [0, 0.05) is 0 Å². The van der Waals surface area contributed by atoms with Crippen LogP contribution in [0.2, 0.25) is 0 Å². The van der Waals surface area contributed by atoms with Crippen LogP contribution in [0.1, 0.15) is 112 Å². The van der Waals surface area contributed by atoms with Crippen LogP contribution in [0.5, 0.6) is 0 Å². The molecule has 0 aliphatic heterocycles. The summed E-state index contributed by atoms with van der Waals surface area (Å²) in [5.74, 6) is 0. The van der Waals surface area contributed by atoms with Crippen LogP contribution in [0.25, 0.3) is 0 Å². The van der Waals surface area contributed by atoms with Crippen molar-refractivity contribution in [2.75, 3.05) is 0 Å². The Kier molecular flexibility index (Phi) is 12.1. The fourth-order valence-corrected chi connectivity index (χ4v) is 2.86. The number of aliphatic hydroxyl groups is 1. The van der Waals surface area contributed by atoms with Gasteiger partial charge in [0.2, 0.25) is 0 Å². The molecule has 0 heterocycles. The maximum absolute atomic E-state index is 10.4. The van der Waals surface area contributed by atoms with Gasteiger partial charge >= 0.3 is 0 Å². The third-order valence-electron chi connectivity index (χ3n) is 4.83. The van der Waals surface area contributed by atoms with Crippen LogP contribution in [0, 0.1) is 0 Å². The van der Waals surface area contributed by atoms with Crippen LogP contribution in [-0.2, 0) is 0 Å². The number of hydrogen-bond acceptors (Lipinski definition) is 1. The predicted molar refractivity (Wildman–Crippen MR) is 95.7 cm³/mol. The molecule has 0 rings (SSSR count). The van der Waals surface area contributed by atoms with E-state index in [2.05, 4.69) is 27.7 Å². The Morgan fingerprint density at radius 1 is 0.714 bits per heavy atom. The van der Waals surface area contributed by atoms with Gasteiger partial charge in [0.25, 0.3) is 0 Å². The Bertz CT molecular complexity index is 272. The van der Waals surface area contributed by atoms with Crippen molar-refractivity contribution in [1.29, 1.82) is 0 Å². The molecule has 126 valence electrons. The summed E-state index contributed by atoms with van der Waals surface area (Å²) in [5, 5.41) is 10.4. The molecule has 0 saturated carbocycles. The molecule has 0 radical (unpaired) electrons. The van der Waals surface area contributed by atoms with Crippen molar-refractivity contribution < 1.29 is 5.11 Å². The Morgan fingerprint density at radius 2 is 1.10 bits per heavy atom. The van der Waals surface area contributed by atoms with Gasteiger partial charge in [0.1, 0.15) is 0 Å². The zero-order valence-corrected chi connectivity index (χ0v) is 15.4. The molecule has 1 unspecified atom stereocenters. The SMILES string of the molecule is CCCCCCCCCCCCCC(C)(O)C(C)=C(C)C. The first-order valence-corrected chi connectivity index (χ1v) is 9.28. The van der Waals surface area contributed by atoms with E-state index >= 15 is 0 Å². The second-order valence-electron chi connectivity index (χ2n) is 7.18. The van der Waals surface area contributed by atoms with E-state index in [0.29, 0.717) is 0 Å². The maximum Gasteiger partial charge on any atom is 0.0828 e. The number of rotatable bonds is 13. The molecule has 1 nitrogen and oxygen atoms in total. The molecular weight excluding hydrogens is 256 g/mol. The lowest BCUT2D eigenvalue weighted by atomic mass is 9.88. The second-order valence-corrected chi connectivity index (χ2v) is 7.18. The first kappa shape index (κ1) is 20.7. The van der Waals surface area contributed by atoms with Crippen LogP contribution < -0.4 is 0 Å². The summed E-state index contributed by atoms with van der Waals surface area (Å²) in [6, 6.07) is 0. The Labute approximate surface area is 134 Å². The van der Waals surface area contributed by atoms with Crippen molar-refractivity contribution >= 4 is 0 Å². The molecule has 0 aromatic heterocycles. The fourth-order valence-electron chi connectivity index (χ4n) is 2.86. The lowest BCUT2D eigenvalue weighted by Gasteiger charge is -2.26. The maximum atomic E-state index is 10.4. The molecule has 0 aliphatic rings. The summed E-state index contributed by atoms with van der Waals surface area (Å²) in [6.45, 7) is 10.5. The first-order valence-electron chi connectivity index (χ1n) is 9.28. The molecule has 0 amide bonds. The van der Waals surface area contributed by atoms with Crippen molar-refractivity contribution in [3.05, 3.63) is 11.1 Å². The topological polar surface area (TPSA) is 20.2 Å². The third kappa shape index (κ3) is 11.0. The van der Waals surface area contributed by atoms with Crippen LogP contribution in [0.15, 0.2) is 11.1 Å². The quantitative estimate of drug-likeness (QED) is 0.293. The second kappa shape index (κ2) is 12.3. The summed E-state index contributed by atoms with van der Waals surface area (Å²) in [7, 11) is 0. The molecular formula is C20H40O. The zero-order chi connectivity index (χ0) is 16.1. The fraction of sp³-hybridized carbons (Fsp3) is 0.900. The van der Waals surface area contributed by atoms with Gasteiger partial charge < -0.3 is 5.11 Å². The van der Waals surface area contributed by atoms with Gasteiger partial charge in [0.15, 0.2) is 0 Å². The summed E-state index contributed by atoms with van der Waals surface area (Å²) >= 11 is 0. The van der Waals surface area contributed by atoms with Gasteiger partial charge in [-0.15, -0.1) is 0 Å². The van der Waals surface area contributed by atoms with E-state index in [1.807, 2.05) is 6.92 Å². The number of hydrogen-bond donors (Lipinski definition) is 1. The van der Waals surface area contributed by atoms with Crippen molar-refractivity contribution in [3.8, 4) is 0 Å².